The number of benzene rings is 2. The lowest BCUT2D eigenvalue weighted by Gasteiger charge is -2.24. The van der Waals surface area contributed by atoms with Gasteiger partial charge >= 0.3 is 0 Å². The molecule has 0 spiro atoms. The van der Waals surface area contributed by atoms with Gasteiger partial charge in [0.1, 0.15) is 5.75 Å². The summed E-state index contributed by atoms with van der Waals surface area (Å²) < 4.78 is 7.65. The van der Waals surface area contributed by atoms with E-state index in [-0.39, 0.29) is 5.91 Å². The van der Waals surface area contributed by atoms with Crippen LogP contribution in [0.1, 0.15) is 46.9 Å². The highest BCUT2D eigenvalue weighted by Crippen LogP contribution is 2.21. The van der Waals surface area contributed by atoms with Crippen molar-refractivity contribution in [2.24, 2.45) is 0 Å². The van der Waals surface area contributed by atoms with Crippen LogP contribution in [-0.4, -0.2) is 29.0 Å². The van der Waals surface area contributed by atoms with Gasteiger partial charge in [0.05, 0.1) is 19.2 Å². The second-order valence-corrected chi connectivity index (χ2v) is 7.33. The molecule has 4 heteroatoms. The largest absolute Gasteiger partial charge is 0.496 e. The van der Waals surface area contributed by atoms with Crippen molar-refractivity contribution in [3.63, 3.8) is 0 Å². The van der Waals surface area contributed by atoms with Crippen LogP contribution in [0.25, 0.3) is 0 Å². The molecule has 0 bridgehead atoms. The van der Waals surface area contributed by atoms with Crippen molar-refractivity contribution in [2.45, 2.75) is 39.8 Å². The summed E-state index contributed by atoms with van der Waals surface area (Å²) in [6, 6.07) is 20.0. The van der Waals surface area contributed by atoms with Crippen molar-refractivity contribution < 1.29 is 9.53 Å². The zero-order valence-electron chi connectivity index (χ0n) is 17.6. The minimum atomic E-state index is 0.0135. The van der Waals surface area contributed by atoms with Gasteiger partial charge in [-0.25, -0.2) is 0 Å². The van der Waals surface area contributed by atoms with Crippen molar-refractivity contribution in [2.75, 3.05) is 13.7 Å². The molecule has 0 radical (unpaired) electrons. The number of para-hydroxylation sites is 1. The smallest absolute Gasteiger partial charge is 0.257 e. The molecular weight excluding hydrogens is 360 g/mol. The van der Waals surface area contributed by atoms with Crippen molar-refractivity contribution in [3.05, 3.63) is 89.2 Å². The van der Waals surface area contributed by atoms with Crippen LogP contribution >= 0.6 is 0 Å². The molecular formula is C25H30N2O2. The van der Waals surface area contributed by atoms with Crippen molar-refractivity contribution >= 4 is 5.91 Å². The van der Waals surface area contributed by atoms with Crippen molar-refractivity contribution in [1.29, 1.82) is 0 Å². The third-order valence-corrected chi connectivity index (χ3v) is 5.28. The van der Waals surface area contributed by atoms with E-state index in [2.05, 4.69) is 61.0 Å². The van der Waals surface area contributed by atoms with E-state index in [0.29, 0.717) is 17.9 Å². The number of unbranched alkanes of at least 4 members (excludes halogenated alkanes) is 1. The van der Waals surface area contributed by atoms with Gasteiger partial charge in [0.2, 0.25) is 0 Å². The Hall–Kier alpha value is -3.01. The van der Waals surface area contributed by atoms with Gasteiger partial charge < -0.3 is 14.2 Å². The number of hydrogen-bond acceptors (Lipinski definition) is 2. The van der Waals surface area contributed by atoms with Crippen LogP contribution in [0.4, 0.5) is 0 Å². The number of nitrogens with zero attached hydrogens (tertiary/aromatic N) is 2. The molecule has 0 N–H and O–H groups in total. The standard InChI is InChI=1S/C25H30N2O2/c1-4-5-16-27(25(28)23-14-8-9-15-24(23)29-3)19-22-13-10-17-26(22)18-21-12-7-6-11-20(21)2/h6-15,17H,4-5,16,18-19H2,1-3H3. The van der Waals surface area contributed by atoms with Crippen LogP contribution in [0.2, 0.25) is 0 Å². The molecule has 4 nitrogen and oxygen atoms in total. The van der Waals surface area contributed by atoms with E-state index >= 15 is 0 Å². The minimum Gasteiger partial charge on any atom is -0.496 e. The van der Waals surface area contributed by atoms with Crippen molar-refractivity contribution in [3.8, 4) is 5.75 Å². The molecule has 0 atom stereocenters. The van der Waals surface area contributed by atoms with Crippen LogP contribution in [0.5, 0.6) is 5.75 Å². The predicted octanol–water partition coefficient (Wildman–Crippen LogP) is 5.30. The second-order valence-electron chi connectivity index (χ2n) is 7.33. The van der Waals surface area contributed by atoms with Gasteiger partial charge in [-0.3, -0.25) is 4.79 Å². The molecule has 3 rings (SSSR count). The minimum absolute atomic E-state index is 0.0135. The molecule has 0 aliphatic rings. The fourth-order valence-corrected chi connectivity index (χ4v) is 3.51. The topological polar surface area (TPSA) is 34.5 Å². The number of carbonyl (C=O) groups excluding carboxylic acids is 1. The van der Waals surface area contributed by atoms with E-state index in [1.807, 2.05) is 29.2 Å². The van der Waals surface area contributed by atoms with E-state index in [4.69, 9.17) is 4.74 Å². The Balaban J connectivity index is 1.84. The zero-order chi connectivity index (χ0) is 20.6. The monoisotopic (exact) mass is 390 g/mol. The van der Waals surface area contributed by atoms with Gasteiger partial charge in [-0.1, -0.05) is 49.7 Å². The Morgan fingerprint density at radius 1 is 1.03 bits per heavy atom. The second kappa shape index (κ2) is 9.97. The first-order chi connectivity index (χ1) is 14.1. The molecule has 0 aliphatic heterocycles. The summed E-state index contributed by atoms with van der Waals surface area (Å²) >= 11 is 0. The van der Waals surface area contributed by atoms with Crippen molar-refractivity contribution in [1.82, 2.24) is 9.47 Å². The maximum atomic E-state index is 13.3. The lowest BCUT2D eigenvalue weighted by atomic mass is 10.1. The van der Waals surface area contributed by atoms with Gasteiger partial charge in [-0.2, -0.15) is 0 Å². The first-order valence-corrected chi connectivity index (χ1v) is 10.2. The van der Waals surface area contributed by atoms with Crippen LogP contribution < -0.4 is 4.74 Å². The maximum absolute atomic E-state index is 13.3. The summed E-state index contributed by atoms with van der Waals surface area (Å²) in [6.07, 6.45) is 4.10. The number of aryl methyl sites for hydroxylation is 1. The quantitative estimate of drug-likeness (QED) is 0.497. The van der Waals surface area contributed by atoms with Crippen LogP contribution in [-0.2, 0) is 13.1 Å². The highest BCUT2D eigenvalue weighted by atomic mass is 16.5. The molecule has 0 saturated carbocycles. The fourth-order valence-electron chi connectivity index (χ4n) is 3.51. The first kappa shape index (κ1) is 20.7. The predicted molar refractivity (Wildman–Crippen MR) is 117 cm³/mol. The summed E-state index contributed by atoms with van der Waals surface area (Å²) in [5.74, 6) is 0.633. The Morgan fingerprint density at radius 2 is 1.79 bits per heavy atom. The third-order valence-electron chi connectivity index (χ3n) is 5.28. The molecule has 1 heterocycles. The maximum Gasteiger partial charge on any atom is 0.257 e. The number of carbonyl (C=O) groups is 1. The molecule has 152 valence electrons. The number of rotatable bonds is 9. The van der Waals surface area contributed by atoms with E-state index in [1.54, 1.807) is 7.11 Å². The summed E-state index contributed by atoms with van der Waals surface area (Å²) in [6.45, 7) is 6.39. The molecule has 1 aromatic heterocycles. The Kier molecular flexibility index (Phi) is 7.12. The molecule has 0 fully saturated rings. The summed E-state index contributed by atoms with van der Waals surface area (Å²) in [7, 11) is 1.61. The van der Waals surface area contributed by atoms with E-state index in [0.717, 1.165) is 31.6 Å². The fraction of sp³-hybridized carbons (Fsp3) is 0.320. The van der Waals surface area contributed by atoms with Gasteiger partial charge in [0, 0.05) is 25.0 Å². The number of methoxy groups -OCH3 is 1. The molecule has 2 aromatic carbocycles. The summed E-state index contributed by atoms with van der Waals surface area (Å²) in [5, 5.41) is 0. The summed E-state index contributed by atoms with van der Waals surface area (Å²) in [4.78, 5) is 15.3. The van der Waals surface area contributed by atoms with Gasteiger partial charge in [0.25, 0.3) is 5.91 Å². The van der Waals surface area contributed by atoms with E-state index in [1.165, 1.54) is 11.1 Å². The number of aromatic nitrogens is 1. The molecule has 0 aliphatic carbocycles. The van der Waals surface area contributed by atoms with E-state index in [9.17, 15) is 4.79 Å². The molecule has 29 heavy (non-hydrogen) atoms. The van der Waals surface area contributed by atoms with Crippen LogP contribution in [0.15, 0.2) is 66.9 Å². The highest BCUT2D eigenvalue weighted by Gasteiger charge is 2.20. The first-order valence-electron chi connectivity index (χ1n) is 10.2. The lowest BCUT2D eigenvalue weighted by Crippen LogP contribution is -2.32. The van der Waals surface area contributed by atoms with Gasteiger partial charge in [-0.15, -0.1) is 0 Å². The van der Waals surface area contributed by atoms with Crippen LogP contribution in [0.3, 0.4) is 0 Å². The normalized spacial score (nSPS) is 10.7. The third kappa shape index (κ3) is 5.08. The zero-order valence-corrected chi connectivity index (χ0v) is 17.6. The average molecular weight is 391 g/mol. The van der Waals surface area contributed by atoms with Gasteiger partial charge in [0.15, 0.2) is 0 Å². The molecule has 0 saturated heterocycles. The van der Waals surface area contributed by atoms with Crippen LogP contribution in [0, 0.1) is 6.92 Å². The van der Waals surface area contributed by atoms with E-state index < -0.39 is 0 Å². The number of hydrogen-bond donors (Lipinski definition) is 0. The Labute approximate surface area is 173 Å². The Bertz CT molecular complexity index is 945. The Morgan fingerprint density at radius 3 is 2.55 bits per heavy atom. The number of ether oxygens (including phenoxy) is 1. The molecule has 1 amide bonds. The average Bonchev–Trinajstić information content (AvgIpc) is 3.18. The van der Waals surface area contributed by atoms with Gasteiger partial charge in [-0.05, 0) is 48.7 Å². The summed E-state index contributed by atoms with van der Waals surface area (Å²) in [5.41, 5.74) is 4.32. The molecule has 3 aromatic rings. The number of amides is 1. The SMILES string of the molecule is CCCCN(Cc1cccn1Cc1ccccc1C)C(=O)c1ccccc1OC. The highest BCUT2D eigenvalue weighted by molar-refractivity contribution is 5.96. The lowest BCUT2D eigenvalue weighted by molar-refractivity contribution is 0.0733. The molecule has 0 unspecified atom stereocenters.